The van der Waals surface area contributed by atoms with Gasteiger partial charge in [-0.1, -0.05) is 36.4 Å². The third kappa shape index (κ3) is 3.54. The zero-order valence-electron chi connectivity index (χ0n) is 12.5. The summed E-state index contributed by atoms with van der Waals surface area (Å²) in [5, 5.41) is 8.09. The van der Waals surface area contributed by atoms with Gasteiger partial charge in [-0.15, -0.1) is 11.3 Å². The second-order valence-corrected chi connectivity index (χ2v) is 6.33. The number of thiazole rings is 1. The van der Waals surface area contributed by atoms with Crippen LogP contribution in [0, 0.1) is 6.92 Å². The van der Waals surface area contributed by atoms with Crippen molar-refractivity contribution in [3.05, 3.63) is 58.5 Å². The van der Waals surface area contributed by atoms with E-state index in [9.17, 15) is 9.59 Å². The normalized spacial score (nSPS) is 10.5. The Kier molecular flexibility index (Phi) is 4.34. The molecule has 0 atom stereocenters. The Morgan fingerprint density at radius 1 is 1.09 bits per heavy atom. The molecular formula is C17H15N3O2S. The highest BCUT2D eigenvalue weighted by Crippen LogP contribution is 2.22. The van der Waals surface area contributed by atoms with Crippen LogP contribution in [-0.2, 0) is 16.1 Å². The summed E-state index contributed by atoms with van der Waals surface area (Å²) in [5.74, 6) is -1.34. The minimum Gasteiger partial charge on any atom is -0.343 e. The zero-order chi connectivity index (χ0) is 16.2. The molecule has 2 aromatic carbocycles. The Balaban J connectivity index is 1.67. The van der Waals surface area contributed by atoms with Crippen LogP contribution in [-0.4, -0.2) is 16.8 Å². The Morgan fingerprint density at radius 2 is 1.87 bits per heavy atom. The lowest BCUT2D eigenvalue weighted by Crippen LogP contribution is -2.34. The number of nitrogens with one attached hydrogen (secondary N) is 2. The van der Waals surface area contributed by atoms with E-state index in [0.29, 0.717) is 12.2 Å². The van der Waals surface area contributed by atoms with Gasteiger partial charge in [-0.25, -0.2) is 4.98 Å². The molecule has 0 saturated heterocycles. The molecule has 2 amide bonds. The maximum absolute atomic E-state index is 12.0. The average molecular weight is 325 g/mol. The van der Waals surface area contributed by atoms with Crippen molar-refractivity contribution >= 4 is 39.6 Å². The SMILES string of the molecule is Cc1ncc(CNC(=O)C(=O)Nc2cccc3ccccc23)s1. The Morgan fingerprint density at radius 3 is 2.65 bits per heavy atom. The monoisotopic (exact) mass is 325 g/mol. The second-order valence-electron chi connectivity index (χ2n) is 5.01. The number of nitrogens with zero attached hydrogens (tertiary/aromatic N) is 1. The highest BCUT2D eigenvalue weighted by molar-refractivity contribution is 7.11. The third-order valence-electron chi connectivity index (χ3n) is 3.34. The molecule has 0 fully saturated rings. The highest BCUT2D eigenvalue weighted by atomic mass is 32.1. The number of aryl methyl sites for hydroxylation is 1. The van der Waals surface area contributed by atoms with Gasteiger partial charge in [0, 0.05) is 22.1 Å². The van der Waals surface area contributed by atoms with Gasteiger partial charge >= 0.3 is 11.8 Å². The molecule has 3 aromatic rings. The molecular weight excluding hydrogens is 310 g/mol. The van der Waals surface area contributed by atoms with Gasteiger partial charge in [-0.3, -0.25) is 9.59 Å². The lowest BCUT2D eigenvalue weighted by Gasteiger charge is -2.08. The molecule has 0 unspecified atom stereocenters. The molecule has 0 spiro atoms. The predicted octanol–water partition coefficient (Wildman–Crippen LogP) is 2.86. The quantitative estimate of drug-likeness (QED) is 0.727. The third-order valence-corrected chi connectivity index (χ3v) is 4.25. The van der Waals surface area contributed by atoms with Crippen molar-refractivity contribution < 1.29 is 9.59 Å². The average Bonchev–Trinajstić information content (AvgIpc) is 2.98. The van der Waals surface area contributed by atoms with E-state index in [2.05, 4.69) is 15.6 Å². The highest BCUT2D eigenvalue weighted by Gasteiger charge is 2.14. The van der Waals surface area contributed by atoms with Crippen molar-refractivity contribution in [1.82, 2.24) is 10.3 Å². The molecule has 0 saturated carbocycles. The number of amides is 2. The van der Waals surface area contributed by atoms with Crippen LogP contribution in [0.15, 0.2) is 48.7 Å². The number of carbonyl (C=O) groups is 2. The Hall–Kier alpha value is -2.73. The number of hydrogen-bond donors (Lipinski definition) is 2. The van der Waals surface area contributed by atoms with Crippen LogP contribution in [0.1, 0.15) is 9.88 Å². The summed E-state index contributed by atoms with van der Waals surface area (Å²) < 4.78 is 0. The summed E-state index contributed by atoms with van der Waals surface area (Å²) in [5.41, 5.74) is 0.622. The smallest absolute Gasteiger partial charge is 0.313 e. The maximum Gasteiger partial charge on any atom is 0.313 e. The fourth-order valence-electron chi connectivity index (χ4n) is 2.25. The van der Waals surface area contributed by atoms with E-state index in [0.717, 1.165) is 20.7 Å². The largest absolute Gasteiger partial charge is 0.343 e. The van der Waals surface area contributed by atoms with Crippen molar-refractivity contribution in [3.8, 4) is 0 Å². The molecule has 0 bridgehead atoms. The van der Waals surface area contributed by atoms with Crippen molar-refractivity contribution in [2.24, 2.45) is 0 Å². The van der Waals surface area contributed by atoms with Gasteiger partial charge in [0.1, 0.15) is 0 Å². The lowest BCUT2D eigenvalue weighted by atomic mass is 10.1. The van der Waals surface area contributed by atoms with Crippen molar-refractivity contribution in [1.29, 1.82) is 0 Å². The van der Waals surface area contributed by atoms with Crippen LogP contribution < -0.4 is 10.6 Å². The van der Waals surface area contributed by atoms with Crippen LogP contribution in [0.25, 0.3) is 10.8 Å². The molecule has 1 aromatic heterocycles. The number of hydrogen-bond acceptors (Lipinski definition) is 4. The molecule has 0 radical (unpaired) electrons. The molecule has 3 rings (SSSR count). The second kappa shape index (κ2) is 6.58. The molecule has 0 aliphatic rings. The van der Waals surface area contributed by atoms with Crippen LogP contribution >= 0.6 is 11.3 Å². The van der Waals surface area contributed by atoms with Gasteiger partial charge in [0.15, 0.2) is 0 Å². The van der Waals surface area contributed by atoms with Crippen LogP contribution in [0.5, 0.6) is 0 Å². The summed E-state index contributed by atoms with van der Waals surface area (Å²) in [6.45, 7) is 2.19. The van der Waals surface area contributed by atoms with Crippen molar-refractivity contribution in [2.75, 3.05) is 5.32 Å². The number of rotatable bonds is 3. The van der Waals surface area contributed by atoms with Gasteiger partial charge in [-0.2, -0.15) is 0 Å². The minimum absolute atomic E-state index is 0.299. The summed E-state index contributed by atoms with van der Waals surface area (Å²) in [4.78, 5) is 29.0. The summed E-state index contributed by atoms with van der Waals surface area (Å²) in [6, 6.07) is 13.3. The van der Waals surface area contributed by atoms with Crippen LogP contribution in [0.3, 0.4) is 0 Å². The molecule has 2 N–H and O–H groups in total. The topological polar surface area (TPSA) is 71.1 Å². The molecule has 0 aliphatic heterocycles. The summed E-state index contributed by atoms with van der Waals surface area (Å²) in [7, 11) is 0. The first-order valence-corrected chi connectivity index (χ1v) is 7.93. The fourth-order valence-corrected chi connectivity index (χ4v) is 2.98. The van der Waals surface area contributed by atoms with Gasteiger partial charge in [-0.05, 0) is 18.4 Å². The Labute approximate surface area is 137 Å². The number of carbonyl (C=O) groups excluding carboxylic acids is 2. The number of anilines is 1. The molecule has 0 aliphatic carbocycles. The summed E-state index contributed by atoms with van der Waals surface area (Å²) >= 11 is 1.49. The lowest BCUT2D eigenvalue weighted by molar-refractivity contribution is -0.136. The van der Waals surface area contributed by atoms with Gasteiger partial charge < -0.3 is 10.6 Å². The molecule has 116 valence electrons. The Bertz CT molecular complexity index is 868. The van der Waals surface area contributed by atoms with Crippen LogP contribution in [0.4, 0.5) is 5.69 Å². The first-order valence-electron chi connectivity index (χ1n) is 7.12. The maximum atomic E-state index is 12.0. The first kappa shape index (κ1) is 15.2. The predicted molar refractivity (Wildman–Crippen MR) is 91.3 cm³/mol. The first-order chi connectivity index (χ1) is 11.1. The van der Waals surface area contributed by atoms with E-state index in [-0.39, 0.29) is 0 Å². The number of aromatic nitrogens is 1. The van der Waals surface area contributed by atoms with E-state index in [1.54, 1.807) is 12.3 Å². The molecule has 23 heavy (non-hydrogen) atoms. The molecule has 1 heterocycles. The van der Waals surface area contributed by atoms with Crippen LogP contribution in [0.2, 0.25) is 0 Å². The van der Waals surface area contributed by atoms with E-state index in [1.165, 1.54) is 11.3 Å². The summed E-state index contributed by atoms with van der Waals surface area (Å²) in [6.07, 6.45) is 1.70. The van der Waals surface area contributed by atoms with Crippen molar-refractivity contribution in [2.45, 2.75) is 13.5 Å². The van der Waals surface area contributed by atoms with Crippen molar-refractivity contribution in [3.63, 3.8) is 0 Å². The number of fused-ring (bicyclic) bond motifs is 1. The molecule has 5 nitrogen and oxygen atoms in total. The standard InChI is InChI=1S/C17H15N3O2S/c1-11-18-9-13(23-11)10-19-16(21)17(22)20-15-8-4-6-12-5-2-3-7-14(12)15/h2-9H,10H2,1H3,(H,19,21)(H,20,22). The fraction of sp³-hybridized carbons (Fsp3) is 0.118. The number of benzene rings is 2. The van der Waals surface area contributed by atoms with Gasteiger partial charge in [0.25, 0.3) is 0 Å². The van der Waals surface area contributed by atoms with E-state index < -0.39 is 11.8 Å². The van der Waals surface area contributed by atoms with Gasteiger partial charge in [0.2, 0.25) is 0 Å². The van der Waals surface area contributed by atoms with E-state index in [4.69, 9.17) is 0 Å². The van der Waals surface area contributed by atoms with E-state index in [1.807, 2.05) is 43.3 Å². The minimum atomic E-state index is -0.678. The van der Waals surface area contributed by atoms with Gasteiger partial charge in [0.05, 0.1) is 11.6 Å². The van der Waals surface area contributed by atoms with E-state index >= 15 is 0 Å². The zero-order valence-corrected chi connectivity index (χ0v) is 13.3. The molecule has 6 heteroatoms.